The van der Waals surface area contributed by atoms with Gasteiger partial charge in [-0.15, -0.1) is 11.6 Å². The first kappa shape index (κ1) is 11.8. The van der Waals surface area contributed by atoms with E-state index in [1.165, 1.54) is 19.3 Å². The minimum atomic E-state index is -0.378. The molecule has 3 heteroatoms. The molecule has 1 amide bonds. The summed E-state index contributed by atoms with van der Waals surface area (Å²) in [6.07, 6.45) is 6.14. The minimum Gasteiger partial charge on any atom is -0.339 e. The summed E-state index contributed by atoms with van der Waals surface area (Å²) in [6.45, 7) is 4.59. The molecule has 0 saturated heterocycles. The SMILES string of the molecule is CCN(C(=O)C(C)Cl)C1CCCCC1. The molecule has 1 unspecified atom stereocenters. The molecule has 1 rings (SSSR count). The van der Waals surface area contributed by atoms with Gasteiger partial charge >= 0.3 is 0 Å². The molecule has 0 radical (unpaired) electrons. The van der Waals surface area contributed by atoms with Gasteiger partial charge in [0, 0.05) is 12.6 Å². The van der Waals surface area contributed by atoms with Gasteiger partial charge in [-0.05, 0) is 26.7 Å². The van der Waals surface area contributed by atoms with Crippen LogP contribution in [-0.2, 0) is 4.79 Å². The van der Waals surface area contributed by atoms with Crippen LogP contribution in [0.4, 0.5) is 0 Å². The maximum absolute atomic E-state index is 11.8. The third-order valence-electron chi connectivity index (χ3n) is 2.98. The lowest BCUT2D eigenvalue weighted by atomic mass is 9.94. The third kappa shape index (κ3) is 2.88. The van der Waals surface area contributed by atoms with Crippen LogP contribution in [0.25, 0.3) is 0 Å². The van der Waals surface area contributed by atoms with Crippen LogP contribution >= 0.6 is 11.6 Å². The Morgan fingerprint density at radius 2 is 2.00 bits per heavy atom. The van der Waals surface area contributed by atoms with Gasteiger partial charge in [-0.25, -0.2) is 0 Å². The zero-order valence-electron chi connectivity index (χ0n) is 9.13. The number of nitrogens with zero attached hydrogens (tertiary/aromatic N) is 1. The fraction of sp³-hybridized carbons (Fsp3) is 0.909. The van der Waals surface area contributed by atoms with Gasteiger partial charge in [-0.3, -0.25) is 4.79 Å². The maximum Gasteiger partial charge on any atom is 0.240 e. The van der Waals surface area contributed by atoms with E-state index in [0.29, 0.717) is 6.04 Å². The molecule has 14 heavy (non-hydrogen) atoms. The molecule has 1 aliphatic rings. The molecule has 0 aliphatic heterocycles. The number of hydrogen-bond acceptors (Lipinski definition) is 1. The molecule has 0 N–H and O–H groups in total. The van der Waals surface area contributed by atoms with E-state index in [-0.39, 0.29) is 11.3 Å². The summed E-state index contributed by atoms with van der Waals surface area (Å²) in [5, 5.41) is -0.378. The zero-order valence-corrected chi connectivity index (χ0v) is 9.89. The van der Waals surface area contributed by atoms with Gasteiger partial charge in [0.1, 0.15) is 5.38 Å². The minimum absolute atomic E-state index is 0.0982. The van der Waals surface area contributed by atoms with Gasteiger partial charge < -0.3 is 4.90 Å². The second kappa shape index (κ2) is 5.59. The van der Waals surface area contributed by atoms with E-state index in [1.807, 2.05) is 11.8 Å². The fourth-order valence-corrected chi connectivity index (χ4v) is 2.34. The standard InChI is InChI=1S/C11H20ClNO/c1-3-13(11(14)9(2)12)10-7-5-4-6-8-10/h9-10H,3-8H2,1-2H3. The van der Waals surface area contributed by atoms with Crippen molar-refractivity contribution >= 4 is 17.5 Å². The first-order chi connectivity index (χ1) is 6.66. The van der Waals surface area contributed by atoms with E-state index in [1.54, 1.807) is 6.92 Å². The largest absolute Gasteiger partial charge is 0.339 e. The molecule has 0 spiro atoms. The molecule has 82 valence electrons. The molecule has 1 aliphatic carbocycles. The Balaban J connectivity index is 2.55. The van der Waals surface area contributed by atoms with Crippen molar-refractivity contribution in [3.05, 3.63) is 0 Å². The Morgan fingerprint density at radius 3 is 2.43 bits per heavy atom. The highest BCUT2D eigenvalue weighted by atomic mass is 35.5. The lowest BCUT2D eigenvalue weighted by molar-refractivity contribution is -0.133. The first-order valence-corrected chi connectivity index (χ1v) is 6.05. The summed E-state index contributed by atoms with van der Waals surface area (Å²) in [7, 11) is 0. The summed E-state index contributed by atoms with van der Waals surface area (Å²) in [5.74, 6) is 0.0982. The molecule has 0 aromatic carbocycles. The van der Waals surface area contributed by atoms with Crippen LogP contribution in [0, 0.1) is 0 Å². The van der Waals surface area contributed by atoms with E-state index in [4.69, 9.17) is 11.6 Å². The van der Waals surface area contributed by atoms with Crippen LogP contribution in [0.2, 0.25) is 0 Å². The molecule has 0 bridgehead atoms. The van der Waals surface area contributed by atoms with Crippen molar-refractivity contribution in [3.63, 3.8) is 0 Å². The molecule has 2 nitrogen and oxygen atoms in total. The molecule has 1 saturated carbocycles. The lowest BCUT2D eigenvalue weighted by Gasteiger charge is -2.34. The van der Waals surface area contributed by atoms with Gasteiger partial charge in [-0.1, -0.05) is 19.3 Å². The molecule has 1 atom stereocenters. The van der Waals surface area contributed by atoms with Crippen molar-refractivity contribution in [1.82, 2.24) is 4.90 Å². The number of rotatable bonds is 3. The van der Waals surface area contributed by atoms with Crippen molar-refractivity contribution < 1.29 is 4.79 Å². The Kier molecular flexibility index (Phi) is 4.73. The van der Waals surface area contributed by atoms with Gasteiger partial charge in [0.2, 0.25) is 5.91 Å². The number of alkyl halides is 1. The molecule has 1 fully saturated rings. The van der Waals surface area contributed by atoms with Crippen LogP contribution in [-0.4, -0.2) is 28.8 Å². The normalized spacial score (nSPS) is 20.5. The van der Waals surface area contributed by atoms with Gasteiger partial charge in [-0.2, -0.15) is 0 Å². The van der Waals surface area contributed by atoms with Crippen molar-refractivity contribution in [2.24, 2.45) is 0 Å². The predicted octanol–water partition coefficient (Wildman–Crippen LogP) is 2.79. The van der Waals surface area contributed by atoms with E-state index < -0.39 is 0 Å². The topological polar surface area (TPSA) is 20.3 Å². The number of carbonyl (C=O) groups is 1. The van der Waals surface area contributed by atoms with E-state index in [9.17, 15) is 4.79 Å². The van der Waals surface area contributed by atoms with Crippen molar-refractivity contribution in [3.8, 4) is 0 Å². The molecule has 0 aromatic heterocycles. The molecule has 0 heterocycles. The predicted molar refractivity (Wildman–Crippen MR) is 59.6 cm³/mol. The Hall–Kier alpha value is -0.240. The molecular weight excluding hydrogens is 198 g/mol. The average Bonchev–Trinajstić information content (AvgIpc) is 2.20. The summed E-state index contributed by atoms with van der Waals surface area (Å²) < 4.78 is 0. The third-order valence-corrected chi connectivity index (χ3v) is 3.17. The van der Waals surface area contributed by atoms with Crippen LogP contribution < -0.4 is 0 Å². The summed E-state index contributed by atoms with van der Waals surface area (Å²) >= 11 is 5.83. The number of carbonyl (C=O) groups excluding carboxylic acids is 1. The van der Waals surface area contributed by atoms with Crippen molar-refractivity contribution in [2.75, 3.05) is 6.54 Å². The maximum atomic E-state index is 11.8. The zero-order chi connectivity index (χ0) is 10.6. The molecule has 0 aromatic rings. The average molecular weight is 218 g/mol. The van der Waals surface area contributed by atoms with E-state index >= 15 is 0 Å². The highest BCUT2D eigenvalue weighted by Gasteiger charge is 2.26. The highest BCUT2D eigenvalue weighted by Crippen LogP contribution is 2.23. The Bertz CT molecular complexity index is 188. The Labute approximate surface area is 91.6 Å². The second-order valence-corrected chi connectivity index (χ2v) is 4.69. The van der Waals surface area contributed by atoms with Gasteiger partial charge in [0.15, 0.2) is 0 Å². The van der Waals surface area contributed by atoms with Crippen LogP contribution in [0.15, 0.2) is 0 Å². The number of hydrogen-bond donors (Lipinski definition) is 0. The van der Waals surface area contributed by atoms with Crippen LogP contribution in [0.5, 0.6) is 0 Å². The van der Waals surface area contributed by atoms with Crippen molar-refractivity contribution in [2.45, 2.75) is 57.4 Å². The lowest BCUT2D eigenvalue weighted by Crippen LogP contribution is -2.44. The summed E-state index contributed by atoms with van der Waals surface area (Å²) in [4.78, 5) is 13.7. The van der Waals surface area contributed by atoms with Crippen molar-refractivity contribution in [1.29, 1.82) is 0 Å². The van der Waals surface area contributed by atoms with Gasteiger partial charge in [0.25, 0.3) is 0 Å². The van der Waals surface area contributed by atoms with Gasteiger partial charge in [0.05, 0.1) is 0 Å². The Morgan fingerprint density at radius 1 is 1.43 bits per heavy atom. The number of amides is 1. The summed E-state index contributed by atoms with van der Waals surface area (Å²) in [6, 6.07) is 0.447. The highest BCUT2D eigenvalue weighted by molar-refractivity contribution is 6.30. The molecular formula is C11H20ClNO. The van der Waals surface area contributed by atoms with Crippen LogP contribution in [0.3, 0.4) is 0 Å². The van der Waals surface area contributed by atoms with Crippen LogP contribution in [0.1, 0.15) is 46.0 Å². The monoisotopic (exact) mass is 217 g/mol. The fourth-order valence-electron chi connectivity index (χ4n) is 2.22. The van der Waals surface area contributed by atoms with E-state index in [2.05, 4.69) is 0 Å². The summed E-state index contributed by atoms with van der Waals surface area (Å²) in [5.41, 5.74) is 0. The number of halogens is 1. The second-order valence-electron chi connectivity index (χ2n) is 4.03. The van der Waals surface area contributed by atoms with E-state index in [0.717, 1.165) is 19.4 Å². The first-order valence-electron chi connectivity index (χ1n) is 5.61. The quantitative estimate of drug-likeness (QED) is 0.666. The smallest absolute Gasteiger partial charge is 0.240 e.